The molecule has 3 rings (SSSR count). The van der Waals surface area contributed by atoms with E-state index < -0.39 is 0 Å². The number of ether oxygens (including phenoxy) is 1. The molecule has 1 N–H and O–H groups in total. The molecule has 0 aliphatic rings. The Bertz CT molecular complexity index is 824. The topological polar surface area (TPSA) is 55.6 Å². The first-order valence-corrected chi connectivity index (χ1v) is 7.14. The van der Waals surface area contributed by atoms with Crippen LogP contribution in [0.5, 0.6) is 5.75 Å². The van der Waals surface area contributed by atoms with Gasteiger partial charge in [0.25, 0.3) is 5.91 Å². The minimum atomic E-state index is -0.225. The van der Waals surface area contributed by atoms with E-state index in [4.69, 9.17) is 4.74 Å². The summed E-state index contributed by atoms with van der Waals surface area (Å²) in [4.78, 5) is 17.0. The Morgan fingerprint density at radius 3 is 2.91 bits per heavy atom. The number of aryl methyl sites for hydroxylation is 1. The van der Waals surface area contributed by atoms with E-state index in [0.29, 0.717) is 17.1 Å². The van der Waals surface area contributed by atoms with Crippen LogP contribution in [0.25, 0.3) is 5.52 Å². The predicted octanol–water partition coefficient (Wildman–Crippen LogP) is 3.16. The Balaban J connectivity index is 1.95. The minimum Gasteiger partial charge on any atom is -0.497 e. The Morgan fingerprint density at radius 1 is 1.27 bits per heavy atom. The molecule has 5 heteroatoms. The van der Waals surface area contributed by atoms with Crippen LogP contribution in [0.4, 0.5) is 5.69 Å². The number of anilines is 1. The zero-order valence-corrected chi connectivity index (χ0v) is 12.5. The molecule has 0 fully saturated rings. The highest BCUT2D eigenvalue weighted by Crippen LogP contribution is 2.19. The molecule has 0 aliphatic carbocycles. The number of hydrogen-bond acceptors (Lipinski definition) is 3. The van der Waals surface area contributed by atoms with Crippen LogP contribution in [-0.2, 0) is 6.42 Å². The summed E-state index contributed by atoms with van der Waals surface area (Å²) in [5.41, 5.74) is 1.92. The molecule has 1 amide bonds. The molecule has 0 saturated carbocycles. The van der Waals surface area contributed by atoms with Gasteiger partial charge in [0.1, 0.15) is 11.6 Å². The van der Waals surface area contributed by atoms with Crippen LogP contribution in [0.2, 0.25) is 0 Å². The highest BCUT2D eigenvalue weighted by atomic mass is 16.5. The first kappa shape index (κ1) is 14.1. The van der Waals surface area contributed by atoms with E-state index >= 15 is 0 Å². The molecule has 0 bridgehead atoms. The Morgan fingerprint density at radius 2 is 2.14 bits per heavy atom. The smallest absolute Gasteiger partial charge is 0.276 e. The largest absolute Gasteiger partial charge is 0.497 e. The molecule has 0 unspecified atom stereocenters. The van der Waals surface area contributed by atoms with Gasteiger partial charge < -0.3 is 14.5 Å². The zero-order valence-electron chi connectivity index (χ0n) is 12.5. The van der Waals surface area contributed by atoms with Crippen molar-refractivity contribution < 1.29 is 9.53 Å². The van der Waals surface area contributed by atoms with Crippen molar-refractivity contribution in [3.8, 4) is 5.75 Å². The second kappa shape index (κ2) is 5.89. The first-order valence-electron chi connectivity index (χ1n) is 7.14. The Hall–Kier alpha value is -2.82. The lowest BCUT2D eigenvalue weighted by atomic mass is 10.2. The summed E-state index contributed by atoms with van der Waals surface area (Å²) in [6.07, 6.45) is 2.68. The average molecular weight is 295 g/mol. The van der Waals surface area contributed by atoms with Crippen molar-refractivity contribution >= 4 is 17.1 Å². The average Bonchev–Trinajstić information content (AvgIpc) is 2.94. The molecule has 0 atom stereocenters. The van der Waals surface area contributed by atoms with E-state index in [2.05, 4.69) is 10.3 Å². The molecule has 3 aromatic rings. The SMILES string of the molecule is CCc1nc(C(=O)Nc2cccc(OC)c2)c2ccccn12. The molecular weight excluding hydrogens is 278 g/mol. The second-order valence-corrected chi connectivity index (χ2v) is 4.87. The van der Waals surface area contributed by atoms with Crippen LogP contribution in [-0.4, -0.2) is 22.4 Å². The second-order valence-electron chi connectivity index (χ2n) is 4.87. The molecule has 0 radical (unpaired) electrons. The highest BCUT2D eigenvalue weighted by Gasteiger charge is 2.16. The van der Waals surface area contributed by atoms with Crippen molar-refractivity contribution in [2.45, 2.75) is 13.3 Å². The van der Waals surface area contributed by atoms with Crippen molar-refractivity contribution in [1.29, 1.82) is 0 Å². The quantitative estimate of drug-likeness (QED) is 0.804. The molecule has 2 heterocycles. The van der Waals surface area contributed by atoms with Crippen LogP contribution in [0, 0.1) is 0 Å². The molecular formula is C17H17N3O2. The fourth-order valence-electron chi connectivity index (χ4n) is 2.41. The fourth-order valence-corrected chi connectivity index (χ4v) is 2.41. The third-order valence-electron chi connectivity index (χ3n) is 3.48. The first-order chi connectivity index (χ1) is 10.7. The number of carbonyl (C=O) groups excluding carboxylic acids is 1. The summed E-state index contributed by atoms with van der Waals surface area (Å²) in [5, 5.41) is 2.87. The monoisotopic (exact) mass is 295 g/mol. The van der Waals surface area contributed by atoms with Gasteiger partial charge in [0, 0.05) is 24.4 Å². The van der Waals surface area contributed by atoms with E-state index in [-0.39, 0.29) is 5.91 Å². The lowest BCUT2D eigenvalue weighted by molar-refractivity contribution is 0.102. The van der Waals surface area contributed by atoms with Gasteiger partial charge in [-0.15, -0.1) is 0 Å². The van der Waals surface area contributed by atoms with Crippen molar-refractivity contribution in [3.63, 3.8) is 0 Å². The molecule has 112 valence electrons. The van der Waals surface area contributed by atoms with E-state index in [9.17, 15) is 4.79 Å². The number of aromatic nitrogens is 2. The summed E-state index contributed by atoms with van der Waals surface area (Å²) in [6.45, 7) is 2.02. The summed E-state index contributed by atoms with van der Waals surface area (Å²) in [6, 6.07) is 13.0. The van der Waals surface area contributed by atoms with E-state index in [0.717, 1.165) is 17.8 Å². The number of fused-ring (bicyclic) bond motifs is 1. The molecule has 2 aromatic heterocycles. The maximum Gasteiger partial charge on any atom is 0.276 e. The lowest BCUT2D eigenvalue weighted by Gasteiger charge is -2.05. The van der Waals surface area contributed by atoms with Crippen molar-refractivity contribution in [2.75, 3.05) is 12.4 Å². The molecule has 0 aliphatic heterocycles. The van der Waals surface area contributed by atoms with Gasteiger partial charge in [-0.05, 0) is 24.3 Å². The van der Waals surface area contributed by atoms with Crippen LogP contribution < -0.4 is 10.1 Å². The van der Waals surface area contributed by atoms with Crippen LogP contribution in [0.1, 0.15) is 23.2 Å². The number of hydrogen-bond donors (Lipinski definition) is 1. The maximum absolute atomic E-state index is 12.5. The van der Waals surface area contributed by atoms with Gasteiger partial charge in [-0.1, -0.05) is 19.1 Å². The normalized spacial score (nSPS) is 10.6. The lowest BCUT2D eigenvalue weighted by Crippen LogP contribution is -2.13. The van der Waals surface area contributed by atoms with Crippen LogP contribution in [0.15, 0.2) is 48.7 Å². The zero-order chi connectivity index (χ0) is 15.5. The molecule has 5 nitrogen and oxygen atoms in total. The third kappa shape index (κ3) is 2.53. The minimum absolute atomic E-state index is 0.225. The van der Waals surface area contributed by atoms with Gasteiger partial charge in [0.15, 0.2) is 5.69 Å². The molecule has 22 heavy (non-hydrogen) atoms. The van der Waals surface area contributed by atoms with Crippen molar-refractivity contribution in [3.05, 3.63) is 60.2 Å². The van der Waals surface area contributed by atoms with Crippen molar-refractivity contribution in [2.24, 2.45) is 0 Å². The Labute approximate surface area is 128 Å². The van der Waals surface area contributed by atoms with E-state index in [1.54, 1.807) is 13.2 Å². The number of nitrogens with zero attached hydrogens (tertiary/aromatic N) is 2. The highest BCUT2D eigenvalue weighted by molar-refractivity contribution is 6.07. The van der Waals surface area contributed by atoms with E-state index in [1.807, 2.05) is 53.9 Å². The number of benzene rings is 1. The third-order valence-corrected chi connectivity index (χ3v) is 3.48. The standard InChI is InChI=1S/C17H17N3O2/c1-3-15-19-16(14-9-4-5-10-20(14)15)17(21)18-12-7-6-8-13(11-12)22-2/h4-11H,3H2,1-2H3,(H,18,21). The van der Waals surface area contributed by atoms with Gasteiger partial charge in [-0.2, -0.15) is 0 Å². The van der Waals surface area contributed by atoms with Gasteiger partial charge in [-0.25, -0.2) is 4.98 Å². The number of amides is 1. The molecule has 0 spiro atoms. The summed E-state index contributed by atoms with van der Waals surface area (Å²) < 4.78 is 7.11. The Kier molecular flexibility index (Phi) is 3.78. The maximum atomic E-state index is 12.5. The number of carbonyl (C=O) groups is 1. The van der Waals surface area contributed by atoms with Crippen molar-refractivity contribution in [1.82, 2.24) is 9.38 Å². The van der Waals surface area contributed by atoms with Gasteiger partial charge in [0.05, 0.1) is 12.6 Å². The summed E-state index contributed by atoms with van der Waals surface area (Å²) >= 11 is 0. The van der Waals surface area contributed by atoms with Gasteiger partial charge in [-0.3, -0.25) is 4.79 Å². The van der Waals surface area contributed by atoms with Crippen LogP contribution in [0.3, 0.4) is 0 Å². The number of nitrogens with one attached hydrogen (secondary N) is 1. The van der Waals surface area contributed by atoms with Crippen LogP contribution >= 0.6 is 0 Å². The van der Waals surface area contributed by atoms with E-state index in [1.165, 1.54) is 0 Å². The molecule has 0 saturated heterocycles. The molecule has 1 aromatic carbocycles. The number of pyridine rings is 1. The summed E-state index contributed by atoms with van der Waals surface area (Å²) in [5.74, 6) is 1.34. The number of rotatable bonds is 4. The van der Waals surface area contributed by atoms with Gasteiger partial charge >= 0.3 is 0 Å². The predicted molar refractivity (Wildman–Crippen MR) is 85.5 cm³/mol. The fraction of sp³-hybridized carbons (Fsp3) is 0.176. The number of methoxy groups -OCH3 is 1. The van der Waals surface area contributed by atoms with Gasteiger partial charge in [0.2, 0.25) is 0 Å². The summed E-state index contributed by atoms with van der Waals surface area (Å²) in [7, 11) is 1.59. The number of imidazole rings is 1.